The van der Waals surface area contributed by atoms with Crippen LogP contribution in [0, 0.1) is 0 Å². The molecule has 34 heavy (non-hydrogen) atoms. The Balaban J connectivity index is 1.31. The summed E-state index contributed by atoms with van der Waals surface area (Å²) in [4.78, 5) is 26.6. The fraction of sp³-hybridized carbons (Fsp3) is 0.750. The van der Waals surface area contributed by atoms with Gasteiger partial charge in [0.1, 0.15) is 18.5 Å². The van der Waals surface area contributed by atoms with E-state index < -0.39 is 30.3 Å². The van der Waals surface area contributed by atoms with E-state index in [1.54, 1.807) is 12.7 Å². The molecule has 0 aromatic carbocycles. The smallest absolute Gasteiger partial charge is 0.252 e. The number of nitrogens with zero attached hydrogens (tertiary/aromatic N) is 4. The molecule has 4 heterocycles. The van der Waals surface area contributed by atoms with Crippen LogP contribution in [0.3, 0.4) is 0 Å². The summed E-state index contributed by atoms with van der Waals surface area (Å²) >= 11 is 0. The van der Waals surface area contributed by atoms with Crippen molar-refractivity contribution in [1.29, 1.82) is 0 Å². The van der Waals surface area contributed by atoms with Crippen LogP contribution in [-0.4, -0.2) is 62.1 Å². The zero-order valence-electron chi connectivity index (χ0n) is 19.7. The van der Waals surface area contributed by atoms with Crippen molar-refractivity contribution in [3.8, 4) is 0 Å². The molecular formula is C24H34N6O4. The number of anilines is 1. The fourth-order valence-electron chi connectivity index (χ4n) is 6.04. The molecule has 2 saturated heterocycles. The highest BCUT2D eigenvalue weighted by Crippen LogP contribution is 2.49. The molecule has 6 rings (SSSR count). The summed E-state index contributed by atoms with van der Waals surface area (Å²) < 4.78 is 21.2. The molecule has 4 fully saturated rings. The predicted molar refractivity (Wildman–Crippen MR) is 124 cm³/mol. The number of aromatic nitrogens is 4. The van der Waals surface area contributed by atoms with E-state index >= 15 is 0 Å². The van der Waals surface area contributed by atoms with Crippen molar-refractivity contribution in [3.05, 3.63) is 12.7 Å². The first-order chi connectivity index (χ1) is 16.7. The molecular weight excluding hydrogens is 436 g/mol. The monoisotopic (exact) mass is 470 g/mol. The fourth-order valence-corrected chi connectivity index (χ4v) is 6.04. The number of fused-ring (bicyclic) bond motifs is 2. The van der Waals surface area contributed by atoms with Gasteiger partial charge in [-0.3, -0.25) is 9.36 Å². The van der Waals surface area contributed by atoms with Crippen LogP contribution in [-0.2, 0) is 19.0 Å². The molecule has 2 aliphatic carbocycles. The van der Waals surface area contributed by atoms with Gasteiger partial charge in [0.2, 0.25) is 0 Å². The number of hydrogen-bond donors (Lipinski definition) is 2. The third kappa shape index (κ3) is 3.85. The lowest BCUT2D eigenvalue weighted by Crippen LogP contribution is -2.43. The average molecular weight is 471 g/mol. The third-order valence-corrected chi connectivity index (χ3v) is 7.69. The number of nitrogens with one attached hydrogen (secondary N) is 2. The van der Waals surface area contributed by atoms with Crippen molar-refractivity contribution in [2.24, 2.45) is 0 Å². The highest BCUT2D eigenvalue weighted by Gasteiger charge is 2.60. The van der Waals surface area contributed by atoms with E-state index in [2.05, 4.69) is 25.6 Å². The van der Waals surface area contributed by atoms with Crippen LogP contribution in [0.25, 0.3) is 11.2 Å². The SMILES string of the molecule is CCNC(=O)[C@H]1O[C@@H](n2cnc3c(NC4CCCCC4)ncnc32)[C@@H]2OC3(CCCCC3)O[C@@H]21. The number of ether oxygens (including phenoxy) is 3. The highest BCUT2D eigenvalue weighted by atomic mass is 16.8. The van der Waals surface area contributed by atoms with E-state index in [0.29, 0.717) is 23.8 Å². The number of imidazole rings is 1. The van der Waals surface area contributed by atoms with E-state index in [9.17, 15) is 4.79 Å². The maximum Gasteiger partial charge on any atom is 0.252 e. The zero-order valence-corrected chi connectivity index (χ0v) is 19.7. The summed E-state index contributed by atoms with van der Waals surface area (Å²) in [7, 11) is 0. The van der Waals surface area contributed by atoms with E-state index in [0.717, 1.165) is 44.3 Å². The molecule has 1 spiro atoms. The third-order valence-electron chi connectivity index (χ3n) is 7.69. The summed E-state index contributed by atoms with van der Waals surface area (Å²) in [5.74, 6) is -0.0487. The molecule has 1 amide bonds. The van der Waals surface area contributed by atoms with Gasteiger partial charge in [-0.25, -0.2) is 15.0 Å². The number of carbonyl (C=O) groups excluding carboxylic acids is 1. The number of hydrogen-bond acceptors (Lipinski definition) is 8. The molecule has 4 atom stereocenters. The largest absolute Gasteiger partial charge is 0.365 e. The van der Waals surface area contributed by atoms with E-state index in [-0.39, 0.29) is 5.91 Å². The van der Waals surface area contributed by atoms with Crippen molar-refractivity contribution in [2.75, 3.05) is 11.9 Å². The molecule has 0 bridgehead atoms. The van der Waals surface area contributed by atoms with Gasteiger partial charge < -0.3 is 24.8 Å². The van der Waals surface area contributed by atoms with Crippen LogP contribution in [0.5, 0.6) is 0 Å². The molecule has 0 radical (unpaired) electrons. The summed E-state index contributed by atoms with van der Waals surface area (Å²) in [6.07, 6.45) is 12.2. The molecule has 2 saturated carbocycles. The molecule has 10 nitrogen and oxygen atoms in total. The maximum atomic E-state index is 12.9. The van der Waals surface area contributed by atoms with Gasteiger partial charge >= 0.3 is 0 Å². The lowest BCUT2D eigenvalue weighted by atomic mass is 9.94. The quantitative estimate of drug-likeness (QED) is 0.686. The lowest BCUT2D eigenvalue weighted by Gasteiger charge is -2.34. The first-order valence-corrected chi connectivity index (χ1v) is 12.9. The summed E-state index contributed by atoms with van der Waals surface area (Å²) in [6.45, 7) is 2.43. The summed E-state index contributed by atoms with van der Waals surface area (Å²) in [6, 6.07) is 0.406. The number of amides is 1. The molecule has 184 valence electrons. The Morgan fingerprint density at radius 1 is 1.06 bits per heavy atom. The molecule has 2 aromatic heterocycles. The van der Waals surface area contributed by atoms with Crippen molar-refractivity contribution < 1.29 is 19.0 Å². The van der Waals surface area contributed by atoms with Crippen LogP contribution in [0.2, 0.25) is 0 Å². The second-order valence-electron chi connectivity index (χ2n) is 10.0. The predicted octanol–water partition coefficient (Wildman–Crippen LogP) is 3.05. The van der Waals surface area contributed by atoms with Gasteiger partial charge in [0.15, 0.2) is 35.1 Å². The number of rotatable bonds is 5. The van der Waals surface area contributed by atoms with Crippen LogP contribution >= 0.6 is 0 Å². The molecule has 0 unspecified atom stereocenters. The average Bonchev–Trinajstić information content (AvgIpc) is 3.53. The topological polar surface area (TPSA) is 112 Å². The second kappa shape index (κ2) is 9.05. The maximum absolute atomic E-state index is 12.9. The van der Waals surface area contributed by atoms with Gasteiger partial charge in [-0.2, -0.15) is 0 Å². The molecule has 4 aliphatic rings. The van der Waals surface area contributed by atoms with Crippen molar-refractivity contribution >= 4 is 22.9 Å². The van der Waals surface area contributed by atoms with Gasteiger partial charge in [0, 0.05) is 25.4 Å². The Morgan fingerprint density at radius 3 is 2.62 bits per heavy atom. The molecule has 2 aliphatic heterocycles. The minimum atomic E-state index is -0.740. The second-order valence-corrected chi connectivity index (χ2v) is 10.0. The Hall–Kier alpha value is -2.30. The van der Waals surface area contributed by atoms with Gasteiger partial charge in [-0.15, -0.1) is 0 Å². The van der Waals surface area contributed by atoms with Gasteiger partial charge in [-0.05, 0) is 32.6 Å². The van der Waals surface area contributed by atoms with Crippen LogP contribution < -0.4 is 10.6 Å². The van der Waals surface area contributed by atoms with Crippen LogP contribution in [0.15, 0.2) is 12.7 Å². The van der Waals surface area contributed by atoms with E-state index in [4.69, 9.17) is 14.2 Å². The Labute approximate surface area is 199 Å². The standard InChI is InChI=1S/C24H34N6O4/c1-2-25-22(31)18-17-19(34-24(33-17)11-7-4-8-12-24)23(32-18)30-14-28-16-20(26-13-27-21(16)30)29-15-9-5-3-6-10-15/h13-15,17-19,23H,2-12H2,1H3,(H,25,31)(H,26,27,29)/t17-,18+,19-,23-/m1/s1. The van der Waals surface area contributed by atoms with Crippen LogP contribution in [0.4, 0.5) is 5.82 Å². The van der Waals surface area contributed by atoms with Crippen molar-refractivity contribution in [1.82, 2.24) is 24.8 Å². The summed E-state index contributed by atoms with van der Waals surface area (Å²) in [5.41, 5.74) is 1.38. The van der Waals surface area contributed by atoms with Crippen molar-refractivity contribution in [2.45, 2.75) is 108 Å². The normalized spacial score (nSPS) is 31.1. The van der Waals surface area contributed by atoms with Crippen LogP contribution in [0.1, 0.15) is 77.4 Å². The Morgan fingerprint density at radius 2 is 1.82 bits per heavy atom. The molecule has 2 N–H and O–H groups in total. The van der Waals surface area contributed by atoms with Gasteiger partial charge in [0.25, 0.3) is 5.91 Å². The highest BCUT2D eigenvalue weighted by molar-refractivity contribution is 5.83. The van der Waals surface area contributed by atoms with Gasteiger partial charge in [-0.1, -0.05) is 25.7 Å². The lowest BCUT2D eigenvalue weighted by molar-refractivity contribution is -0.229. The minimum Gasteiger partial charge on any atom is -0.365 e. The minimum absolute atomic E-state index is 0.171. The first-order valence-electron chi connectivity index (χ1n) is 12.9. The van der Waals surface area contributed by atoms with Crippen molar-refractivity contribution in [3.63, 3.8) is 0 Å². The first kappa shape index (κ1) is 22.2. The Bertz CT molecular complexity index is 1030. The molecule has 2 aromatic rings. The molecule has 10 heteroatoms. The summed E-state index contributed by atoms with van der Waals surface area (Å²) in [5, 5.41) is 6.47. The van der Waals surface area contributed by atoms with E-state index in [1.807, 2.05) is 11.5 Å². The van der Waals surface area contributed by atoms with E-state index in [1.165, 1.54) is 25.7 Å². The Kier molecular flexibility index (Phi) is 5.90. The number of carbonyl (C=O) groups is 1. The zero-order chi connectivity index (χ0) is 23.1. The number of likely N-dealkylation sites (N-methyl/N-ethyl adjacent to an activating group) is 1. The van der Waals surface area contributed by atoms with Gasteiger partial charge in [0.05, 0.1) is 6.33 Å².